The van der Waals surface area contributed by atoms with Gasteiger partial charge in [-0.1, -0.05) is 91.0 Å². The van der Waals surface area contributed by atoms with Gasteiger partial charge in [0.05, 0.1) is 22.4 Å². The van der Waals surface area contributed by atoms with Crippen LogP contribution in [0.5, 0.6) is 0 Å². The third kappa shape index (κ3) is 3.78. The minimum atomic E-state index is -0.254. The Morgan fingerprint density at radius 3 is 2.13 bits per heavy atom. The highest BCUT2D eigenvalue weighted by Crippen LogP contribution is 2.48. The Hall–Kier alpha value is -4.37. The fourth-order valence-electron chi connectivity index (χ4n) is 5.81. The summed E-state index contributed by atoms with van der Waals surface area (Å²) in [6.07, 6.45) is 4.47. The molecule has 1 aliphatic rings. The standard InChI is InChI=1S/C35H33N3/c1-24(25-14-8-6-9-15-25)20-23-31(37(4)5)38-30-19-13-12-18-27(30)28-21-22-29-32(33(28)38)35(2,3)34(36-29)26-16-10-7-11-17-26/h6-23H,1-5H3/b24-20+,31-23+. The van der Waals surface area contributed by atoms with Crippen LogP contribution in [0.2, 0.25) is 0 Å². The van der Waals surface area contributed by atoms with Gasteiger partial charge in [-0.05, 0) is 55.7 Å². The smallest absolute Gasteiger partial charge is 0.113 e. The molecule has 5 aromatic rings. The molecule has 0 spiro atoms. The molecule has 0 radical (unpaired) electrons. The zero-order chi connectivity index (χ0) is 26.4. The van der Waals surface area contributed by atoms with Crippen molar-refractivity contribution in [2.75, 3.05) is 14.1 Å². The van der Waals surface area contributed by atoms with Crippen LogP contribution in [0.1, 0.15) is 37.5 Å². The molecule has 6 rings (SSSR count). The Morgan fingerprint density at radius 1 is 0.763 bits per heavy atom. The van der Waals surface area contributed by atoms with E-state index < -0.39 is 0 Å². The zero-order valence-electron chi connectivity index (χ0n) is 22.7. The van der Waals surface area contributed by atoms with E-state index >= 15 is 0 Å². The number of para-hydroxylation sites is 1. The first-order valence-electron chi connectivity index (χ1n) is 13.2. The van der Waals surface area contributed by atoms with Gasteiger partial charge in [-0.15, -0.1) is 0 Å². The first-order valence-corrected chi connectivity index (χ1v) is 13.2. The second-order valence-corrected chi connectivity index (χ2v) is 10.8. The Kier molecular flexibility index (Phi) is 5.80. The van der Waals surface area contributed by atoms with E-state index in [4.69, 9.17) is 4.99 Å². The van der Waals surface area contributed by atoms with Gasteiger partial charge in [-0.25, -0.2) is 0 Å². The summed E-state index contributed by atoms with van der Waals surface area (Å²) in [5.41, 5.74) is 9.26. The van der Waals surface area contributed by atoms with Crippen molar-refractivity contribution in [2.45, 2.75) is 26.2 Å². The number of aliphatic imine (C=N–C) groups is 1. The van der Waals surface area contributed by atoms with Crippen LogP contribution in [0.4, 0.5) is 5.69 Å². The summed E-state index contributed by atoms with van der Waals surface area (Å²) in [5, 5.41) is 2.51. The molecule has 0 aliphatic carbocycles. The van der Waals surface area contributed by atoms with Crippen molar-refractivity contribution >= 4 is 44.6 Å². The van der Waals surface area contributed by atoms with Gasteiger partial charge in [0, 0.05) is 35.8 Å². The van der Waals surface area contributed by atoms with E-state index in [1.54, 1.807) is 0 Å². The Labute approximate surface area is 225 Å². The third-order valence-electron chi connectivity index (χ3n) is 7.71. The van der Waals surface area contributed by atoms with E-state index in [0.29, 0.717) is 0 Å². The van der Waals surface area contributed by atoms with Gasteiger partial charge in [0.1, 0.15) is 5.82 Å². The summed E-state index contributed by atoms with van der Waals surface area (Å²) in [7, 11) is 4.25. The highest BCUT2D eigenvalue weighted by Gasteiger charge is 2.39. The molecule has 0 saturated carbocycles. The second-order valence-electron chi connectivity index (χ2n) is 10.8. The number of hydrogen-bond donors (Lipinski definition) is 0. The highest BCUT2D eigenvalue weighted by atomic mass is 15.2. The third-order valence-corrected chi connectivity index (χ3v) is 7.71. The van der Waals surface area contributed by atoms with Gasteiger partial charge in [-0.2, -0.15) is 0 Å². The van der Waals surface area contributed by atoms with Crippen molar-refractivity contribution in [1.29, 1.82) is 0 Å². The molecule has 1 aliphatic heterocycles. The van der Waals surface area contributed by atoms with Crippen LogP contribution >= 0.6 is 0 Å². The predicted molar refractivity (Wildman–Crippen MR) is 163 cm³/mol. The van der Waals surface area contributed by atoms with Crippen molar-refractivity contribution in [3.63, 3.8) is 0 Å². The van der Waals surface area contributed by atoms with Crippen LogP contribution in [-0.2, 0) is 5.41 Å². The molecule has 0 amide bonds. The molecule has 3 nitrogen and oxygen atoms in total. The molecule has 0 fully saturated rings. The van der Waals surface area contributed by atoms with Crippen LogP contribution < -0.4 is 0 Å². The summed E-state index contributed by atoms with van der Waals surface area (Å²) in [6.45, 7) is 6.79. The molecule has 3 heteroatoms. The molecule has 0 bridgehead atoms. The Balaban J connectivity index is 1.63. The Bertz CT molecular complexity index is 1750. The van der Waals surface area contributed by atoms with Crippen molar-refractivity contribution < 1.29 is 0 Å². The monoisotopic (exact) mass is 495 g/mol. The van der Waals surface area contributed by atoms with Crippen molar-refractivity contribution in [3.8, 4) is 0 Å². The quantitative estimate of drug-likeness (QED) is 0.223. The molecule has 4 aromatic carbocycles. The lowest BCUT2D eigenvalue weighted by molar-refractivity contribution is 0.562. The zero-order valence-corrected chi connectivity index (χ0v) is 22.7. The van der Waals surface area contributed by atoms with Crippen LogP contribution in [-0.4, -0.2) is 29.3 Å². The molecule has 1 aromatic heterocycles. The number of allylic oxidation sites excluding steroid dienone is 3. The van der Waals surface area contributed by atoms with Crippen molar-refractivity contribution in [3.05, 3.63) is 126 Å². The summed E-state index contributed by atoms with van der Waals surface area (Å²) < 4.78 is 2.43. The van der Waals surface area contributed by atoms with E-state index in [9.17, 15) is 0 Å². The molecule has 0 N–H and O–H groups in total. The summed E-state index contributed by atoms with van der Waals surface area (Å²) in [6, 6.07) is 34.3. The number of benzene rings is 4. The maximum Gasteiger partial charge on any atom is 0.113 e. The first-order chi connectivity index (χ1) is 18.4. The first kappa shape index (κ1) is 24.0. The summed E-state index contributed by atoms with van der Waals surface area (Å²) in [5.74, 6) is 1.11. The lowest BCUT2D eigenvalue weighted by Gasteiger charge is -2.26. The minimum Gasteiger partial charge on any atom is -0.364 e. The maximum absolute atomic E-state index is 5.21. The van der Waals surface area contributed by atoms with Gasteiger partial charge >= 0.3 is 0 Å². The second kappa shape index (κ2) is 9.18. The SMILES string of the molecule is C/C(=C\C=C(/N(C)C)n1c2ccccc2c2ccc3c(c21)C(C)(C)C(c1ccccc1)=N3)c1ccccc1. The molecule has 0 saturated heterocycles. The molecule has 0 atom stereocenters. The van der Waals surface area contributed by atoms with E-state index in [0.717, 1.165) is 17.2 Å². The van der Waals surface area contributed by atoms with Crippen LogP contribution in [0, 0.1) is 0 Å². The van der Waals surface area contributed by atoms with Gasteiger partial charge in [0.15, 0.2) is 0 Å². The molecule has 38 heavy (non-hydrogen) atoms. The van der Waals surface area contributed by atoms with Gasteiger partial charge in [0.25, 0.3) is 0 Å². The van der Waals surface area contributed by atoms with E-state index in [-0.39, 0.29) is 5.41 Å². The average molecular weight is 496 g/mol. The number of rotatable bonds is 5. The lowest BCUT2D eigenvalue weighted by Crippen LogP contribution is -2.27. The largest absolute Gasteiger partial charge is 0.364 e. The number of hydrogen-bond acceptors (Lipinski definition) is 2. The molecule has 0 unspecified atom stereocenters. The van der Waals surface area contributed by atoms with Crippen LogP contribution in [0.25, 0.3) is 33.2 Å². The highest BCUT2D eigenvalue weighted by molar-refractivity contribution is 6.19. The summed E-state index contributed by atoms with van der Waals surface area (Å²) >= 11 is 0. The van der Waals surface area contributed by atoms with E-state index in [2.05, 4.69) is 154 Å². The molecule has 2 heterocycles. The predicted octanol–water partition coefficient (Wildman–Crippen LogP) is 8.67. The van der Waals surface area contributed by atoms with Gasteiger partial charge < -0.3 is 4.90 Å². The lowest BCUT2D eigenvalue weighted by atomic mass is 9.78. The average Bonchev–Trinajstić information content (AvgIpc) is 3.40. The maximum atomic E-state index is 5.21. The number of nitrogens with zero attached hydrogens (tertiary/aromatic N) is 3. The molecular weight excluding hydrogens is 462 g/mol. The van der Waals surface area contributed by atoms with E-state index in [1.807, 2.05) is 0 Å². The van der Waals surface area contributed by atoms with Crippen LogP contribution in [0.3, 0.4) is 0 Å². The van der Waals surface area contributed by atoms with Crippen LogP contribution in [0.15, 0.2) is 114 Å². The fourth-order valence-corrected chi connectivity index (χ4v) is 5.81. The van der Waals surface area contributed by atoms with E-state index in [1.165, 1.54) is 44.1 Å². The Morgan fingerprint density at radius 2 is 1.42 bits per heavy atom. The molecule has 188 valence electrons. The number of fused-ring (bicyclic) bond motifs is 5. The normalized spacial score (nSPS) is 15.1. The number of aromatic nitrogens is 1. The molecular formula is C35H33N3. The topological polar surface area (TPSA) is 20.5 Å². The van der Waals surface area contributed by atoms with Crippen molar-refractivity contribution in [2.24, 2.45) is 4.99 Å². The van der Waals surface area contributed by atoms with Gasteiger partial charge in [-0.3, -0.25) is 9.56 Å². The summed E-state index contributed by atoms with van der Waals surface area (Å²) in [4.78, 5) is 7.42. The fraction of sp³-hybridized carbons (Fsp3) is 0.171. The van der Waals surface area contributed by atoms with Gasteiger partial charge in [0.2, 0.25) is 0 Å². The minimum absolute atomic E-state index is 0.254. The van der Waals surface area contributed by atoms with Crippen molar-refractivity contribution in [1.82, 2.24) is 9.47 Å².